The second-order valence-electron chi connectivity index (χ2n) is 7.88. The number of amides is 1. The number of nitrogens with zero attached hydrogens (tertiary/aromatic N) is 3. The molecule has 1 amide bonds. The number of nitriles is 1. The quantitative estimate of drug-likeness (QED) is 0.889. The van der Waals surface area contributed by atoms with Gasteiger partial charge in [-0.25, -0.2) is 0 Å². The lowest BCUT2D eigenvalue weighted by molar-refractivity contribution is -0.121. The Morgan fingerprint density at radius 2 is 2.07 bits per heavy atom. The molecule has 2 saturated heterocycles. The Bertz CT molecular complexity index is 900. The molecule has 6 nitrogen and oxygen atoms in total. The van der Waals surface area contributed by atoms with Gasteiger partial charge < -0.3 is 9.73 Å². The van der Waals surface area contributed by atoms with E-state index in [1.165, 1.54) is 0 Å². The summed E-state index contributed by atoms with van der Waals surface area (Å²) in [5.41, 5.74) is 1.50. The van der Waals surface area contributed by atoms with Crippen molar-refractivity contribution in [2.24, 2.45) is 0 Å². The third-order valence-corrected chi connectivity index (χ3v) is 6.16. The molecule has 2 aliphatic heterocycles. The number of rotatable bonds is 3. The number of carbonyl (C=O) groups excluding carboxylic acids is 1. The molecule has 1 aromatic heterocycles. The van der Waals surface area contributed by atoms with Crippen LogP contribution in [0.5, 0.6) is 0 Å². The molecule has 0 saturated carbocycles. The normalized spacial score (nSPS) is 23.9. The molecular formula is C22H26N4O2. The molecule has 0 aliphatic carbocycles. The van der Waals surface area contributed by atoms with Crippen LogP contribution in [0.25, 0.3) is 11.3 Å². The summed E-state index contributed by atoms with van der Waals surface area (Å²) >= 11 is 0. The van der Waals surface area contributed by atoms with E-state index in [-0.39, 0.29) is 11.4 Å². The van der Waals surface area contributed by atoms with Crippen LogP contribution in [0.4, 0.5) is 0 Å². The minimum atomic E-state index is 0.0419. The molecule has 1 spiro atoms. The number of nitrogens with one attached hydrogen (secondary N) is 1. The molecule has 0 bridgehead atoms. The van der Waals surface area contributed by atoms with Crippen molar-refractivity contribution in [3.63, 3.8) is 0 Å². The van der Waals surface area contributed by atoms with E-state index in [0.717, 1.165) is 62.6 Å². The molecule has 0 unspecified atom stereocenters. The van der Waals surface area contributed by atoms with E-state index in [9.17, 15) is 10.1 Å². The highest BCUT2D eigenvalue weighted by atomic mass is 16.3. The van der Waals surface area contributed by atoms with Gasteiger partial charge >= 0.3 is 0 Å². The first kappa shape index (κ1) is 18.7. The van der Waals surface area contributed by atoms with Crippen LogP contribution in [0.15, 0.2) is 40.8 Å². The first-order chi connectivity index (χ1) is 13.6. The van der Waals surface area contributed by atoms with E-state index in [1.54, 1.807) is 0 Å². The molecule has 2 fully saturated rings. The van der Waals surface area contributed by atoms with Gasteiger partial charge in [-0.2, -0.15) is 5.26 Å². The van der Waals surface area contributed by atoms with E-state index in [4.69, 9.17) is 4.42 Å². The summed E-state index contributed by atoms with van der Waals surface area (Å²) in [6, 6.07) is 13.7. The number of carbonyl (C=O) groups is 1. The first-order valence-corrected chi connectivity index (χ1v) is 9.88. The van der Waals surface area contributed by atoms with Gasteiger partial charge in [-0.3, -0.25) is 14.6 Å². The summed E-state index contributed by atoms with van der Waals surface area (Å²) < 4.78 is 6.09. The third-order valence-electron chi connectivity index (χ3n) is 6.16. The molecule has 1 atom stereocenters. The molecule has 0 radical (unpaired) electrons. The van der Waals surface area contributed by atoms with Gasteiger partial charge in [-0.1, -0.05) is 12.1 Å². The lowest BCUT2D eigenvalue weighted by Crippen LogP contribution is -2.60. The lowest BCUT2D eigenvalue weighted by atomic mass is 9.86. The number of benzene rings is 1. The molecule has 6 heteroatoms. The van der Waals surface area contributed by atoms with Gasteiger partial charge in [-0.05, 0) is 44.2 Å². The third kappa shape index (κ3) is 3.68. The molecule has 2 aromatic rings. The molecule has 1 N–H and O–H groups in total. The average molecular weight is 378 g/mol. The Labute approximate surface area is 165 Å². The van der Waals surface area contributed by atoms with Crippen molar-refractivity contribution in [2.45, 2.75) is 31.3 Å². The maximum atomic E-state index is 11.8. The van der Waals surface area contributed by atoms with Crippen molar-refractivity contribution >= 4 is 5.91 Å². The standard InChI is InChI=1S/C22H26N4O2/c1-25-12-13-26(16-22(25)9-8-21(27)24-11-10-22)15-18-6-7-20(28-18)19-5-3-2-4-17(19)14-23/h2-7H,8-13,15-16H2,1H3,(H,24,27)/t22-/m0/s1. The summed E-state index contributed by atoms with van der Waals surface area (Å²) in [6.07, 6.45) is 2.46. The van der Waals surface area contributed by atoms with Gasteiger partial charge in [0.2, 0.25) is 5.91 Å². The predicted molar refractivity (Wildman–Crippen MR) is 106 cm³/mol. The minimum Gasteiger partial charge on any atom is -0.460 e. The fraction of sp³-hybridized carbons (Fsp3) is 0.455. The number of furan rings is 1. The van der Waals surface area contributed by atoms with Gasteiger partial charge in [0.05, 0.1) is 18.2 Å². The van der Waals surface area contributed by atoms with Crippen molar-refractivity contribution < 1.29 is 9.21 Å². The van der Waals surface area contributed by atoms with E-state index >= 15 is 0 Å². The van der Waals surface area contributed by atoms with Crippen molar-refractivity contribution in [1.29, 1.82) is 5.26 Å². The van der Waals surface area contributed by atoms with Crippen LogP contribution >= 0.6 is 0 Å². The molecule has 4 rings (SSSR count). The first-order valence-electron chi connectivity index (χ1n) is 9.88. The lowest BCUT2D eigenvalue weighted by Gasteiger charge is -2.49. The zero-order valence-electron chi connectivity index (χ0n) is 16.3. The highest BCUT2D eigenvalue weighted by Gasteiger charge is 2.40. The molecular weight excluding hydrogens is 352 g/mol. The number of piperazine rings is 1. The van der Waals surface area contributed by atoms with Crippen LogP contribution in [0.3, 0.4) is 0 Å². The summed E-state index contributed by atoms with van der Waals surface area (Å²) in [6.45, 7) is 4.38. The van der Waals surface area contributed by atoms with Crippen molar-refractivity contribution in [3.05, 3.63) is 47.7 Å². The topological polar surface area (TPSA) is 72.5 Å². The SMILES string of the molecule is CN1CCN(Cc2ccc(-c3ccccc3C#N)o2)C[C@]12CCNC(=O)CC2. The monoisotopic (exact) mass is 378 g/mol. The zero-order chi connectivity index (χ0) is 19.6. The fourth-order valence-electron chi connectivity index (χ4n) is 4.44. The van der Waals surface area contributed by atoms with Crippen LogP contribution in [0, 0.1) is 11.3 Å². The molecule has 1 aromatic carbocycles. The predicted octanol–water partition coefficient (Wildman–Crippen LogP) is 2.60. The largest absolute Gasteiger partial charge is 0.460 e. The van der Waals surface area contributed by atoms with E-state index in [2.05, 4.69) is 28.2 Å². The smallest absolute Gasteiger partial charge is 0.220 e. The van der Waals surface area contributed by atoms with Crippen LogP contribution in [-0.4, -0.2) is 54.5 Å². The fourth-order valence-corrected chi connectivity index (χ4v) is 4.44. The molecule has 146 valence electrons. The minimum absolute atomic E-state index is 0.0419. The summed E-state index contributed by atoms with van der Waals surface area (Å²) in [5, 5.41) is 12.3. The van der Waals surface area contributed by atoms with Gasteiger partial charge in [0.25, 0.3) is 0 Å². The highest BCUT2D eigenvalue weighted by molar-refractivity contribution is 5.76. The van der Waals surface area contributed by atoms with E-state index < -0.39 is 0 Å². The summed E-state index contributed by atoms with van der Waals surface area (Å²) in [5.74, 6) is 1.81. The van der Waals surface area contributed by atoms with Gasteiger partial charge in [0, 0.05) is 43.7 Å². The van der Waals surface area contributed by atoms with E-state index in [0.29, 0.717) is 12.0 Å². The summed E-state index contributed by atoms with van der Waals surface area (Å²) in [7, 11) is 2.18. The Morgan fingerprint density at radius 3 is 2.93 bits per heavy atom. The second-order valence-corrected chi connectivity index (χ2v) is 7.88. The maximum absolute atomic E-state index is 11.8. The van der Waals surface area contributed by atoms with Crippen LogP contribution in [-0.2, 0) is 11.3 Å². The van der Waals surface area contributed by atoms with Gasteiger partial charge in [0.15, 0.2) is 0 Å². The Hall–Kier alpha value is -2.62. The van der Waals surface area contributed by atoms with E-state index in [1.807, 2.05) is 36.4 Å². The molecule has 2 aliphatic rings. The maximum Gasteiger partial charge on any atom is 0.220 e. The van der Waals surface area contributed by atoms with Crippen molar-refractivity contribution in [2.75, 3.05) is 33.2 Å². The Kier molecular flexibility index (Phi) is 5.21. The average Bonchev–Trinajstić information content (AvgIpc) is 3.09. The van der Waals surface area contributed by atoms with Gasteiger partial charge in [-0.15, -0.1) is 0 Å². The van der Waals surface area contributed by atoms with Crippen LogP contribution in [0.1, 0.15) is 30.6 Å². The van der Waals surface area contributed by atoms with Gasteiger partial charge in [0.1, 0.15) is 11.5 Å². The Balaban J connectivity index is 1.48. The Morgan fingerprint density at radius 1 is 1.21 bits per heavy atom. The number of likely N-dealkylation sites (N-methyl/N-ethyl adjacent to an activating group) is 1. The summed E-state index contributed by atoms with van der Waals surface area (Å²) in [4.78, 5) is 16.7. The van der Waals surface area contributed by atoms with Crippen LogP contribution < -0.4 is 5.32 Å². The van der Waals surface area contributed by atoms with Crippen LogP contribution in [0.2, 0.25) is 0 Å². The number of hydrogen-bond donors (Lipinski definition) is 1. The second kappa shape index (κ2) is 7.78. The highest BCUT2D eigenvalue weighted by Crippen LogP contribution is 2.32. The molecule has 3 heterocycles. The van der Waals surface area contributed by atoms with Crippen molar-refractivity contribution in [1.82, 2.24) is 15.1 Å². The van der Waals surface area contributed by atoms with Crippen molar-refractivity contribution in [3.8, 4) is 17.4 Å². The zero-order valence-corrected chi connectivity index (χ0v) is 16.3. The molecule has 28 heavy (non-hydrogen) atoms. The number of hydrogen-bond acceptors (Lipinski definition) is 5.